The number of terminal acetylenes is 2. The van der Waals surface area contributed by atoms with E-state index in [1.165, 1.54) is 21.9 Å². The molecule has 0 atom stereocenters. The highest BCUT2D eigenvalue weighted by Gasteiger charge is 2.08. The van der Waals surface area contributed by atoms with Crippen molar-refractivity contribution in [3.05, 3.63) is 83.9 Å². The highest BCUT2D eigenvalue weighted by molar-refractivity contribution is 6.05. The summed E-state index contributed by atoms with van der Waals surface area (Å²) in [5.74, 6) is 5.40. The Balaban J connectivity index is 2.03. The van der Waals surface area contributed by atoms with Crippen molar-refractivity contribution >= 4 is 21.5 Å². The SMILES string of the molecule is C#Cc1ccc2c(-c3cccc4cc(C#C)ccc34)cccc2c1. The maximum atomic E-state index is 5.53. The molecule has 0 aliphatic heterocycles. The summed E-state index contributed by atoms with van der Waals surface area (Å²) in [6.07, 6.45) is 11.1. The van der Waals surface area contributed by atoms with Gasteiger partial charge in [0.15, 0.2) is 0 Å². The van der Waals surface area contributed by atoms with Gasteiger partial charge in [-0.05, 0) is 56.9 Å². The first-order valence-corrected chi connectivity index (χ1v) is 7.79. The molecule has 0 aromatic heterocycles. The van der Waals surface area contributed by atoms with Crippen molar-refractivity contribution in [2.75, 3.05) is 0 Å². The highest BCUT2D eigenvalue weighted by Crippen LogP contribution is 2.34. The third kappa shape index (κ3) is 2.23. The lowest BCUT2D eigenvalue weighted by Crippen LogP contribution is -1.86. The van der Waals surface area contributed by atoms with Gasteiger partial charge in [-0.2, -0.15) is 0 Å². The lowest BCUT2D eigenvalue weighted by molar-refractivity contribution is 1.65. The molecule has 4 aromatic rings. The van der Waals surface area contributed by atoms with Crippen LogP contribution in [0.5, 0.6) is 0 Å². The Morgan fingerprint density at radius 3 is 1.42 bits per heavy atom. The van der Waals surface area contributed by atoms with Crippen LogP contribution < -0.4 is 0 Å². The summed E-state index contributed by atoms with van der Waals surface area (Å²) in [6, 6.07) is 25.0. The minimum absolute atomic E-state index is 0.899. The maximum Gasteiger partial charge on any atom is 0.0248 e. The zero-order chi connectivity index (χ0) is 16.5. The van der Waals surface area contributed by atoms with Gasteiger partial charge in [0.05, 0.1) is 0 Å². The van der Waals surface area contributed by atoms with Crippen molar-refractivity contribution in [1.29, 1.82) is 0 Å². The minimum atomic E-state index is 0.899. The third-order valence-corrected chi connectivity index (χ3v) is 4.38. The van der Waals surface area contributed by atoms with Crippen molar-refractivity contribution in [2.24, 2.45) is 0 Å². The van der Waals surface area contributed by atoms with Crippen LogP contribution >= 0.6 is 0 Å². The Morgan fingerprint density at radius 2 is 1.00 bits per heavy atom. The van der Waals surface area contributed by atoms with Crippen LogP contribution in [0.1, 0.15) is 11.1 Å². The molecule has 0 aliphatic rings. The van der Waals surface area contributed by atoms with Crippen LogP contribution in [-0.2, 0) is 0 Å². The summed E-state index contributed by atoms with van der Waals surface area (Å²) in [7, 11) is 0. The quantitative estimate of drug-likeness (QED) is 0.400. The zero-order valence-corrected chi connectivity index (χ0v) is 13.1. The van der Waals surface area contributed by atoms with E-state index in [2.05, 4.69) is 72.5 Å². The van der Waals surface area contributed by atoms with Gasteiger partial charge in [0.2, 0.25) is 0 Å². The molecule has 0 saturated heterocycles. The predicted octanol–water partition coefficient (Wildman–Crippen LogP) is 5.62. The molecule has 0 N–H and O–H groups in total. The number of benzene rings is 4. The van der Waals surface area contributed by atoms with E-state index in [9.17, 15) is 0 Å². The first-order valence-electron chi connectivity index (χ1n) is 7.79. The molecule has 24 heavy (non-hydrogen) atoms. The average molecular weight is 302 g/mol. The number of hydrogen-bond donors (Lipinski definition) is 0. The molecule has 110 valence electrons. The molecule has 4 rings (SSSR count). The lowest BCUT2D eigenvalue weighted by Gasteiger charge is -2.11. The van der Waals surface area contributed by atoms with Gasteiger partial charge in [-0.1, -0.05) is 60.4 Å². The van der Waals surface area contributed by atoms with Crippen molar-refractivity contribution in [2.45, 2.75) is 0 Å². The van der Waals surface area contributed by atoms with Crippen LogP contribution in [-0.4, -0.2) is 0 Å². The first-order chi connectivity index (χ1) is 11.8. The molecule has 0 saturated carbocycles. The van der Waals surface area contributed by atoms with E-state index in [0.29, 0.717) is 0 Å². The van der Waals surface area contributed by atoms with E-state index in [1.807, 2.05) is 12.1 Å². The number of rotatable bonds is 1. The van der Waals surface area contributed by atoms with Crippen LogP contribution in [0.15, 0.2) is 72.8 Å². The molecule has 0 nitrogen and oxygen atoms in total. The molecule has 0 unspecified atom stereocenters. The number of hydrogen-bond acceptors (Lipinski definition) is 0. The Kier molecular flexibility index (Phi) is 3.31. The van der Waals surface area contributed by atoms with Crippen molar-refractivity contribution in [3.63, 3.8) is 0 Å². The van der Waals surface area contributed by atoms with Crippen molar-refractivity contribution < 1.29 is 0 Å². The molecule has 0 spiro atoms. The van der Waals surface area contributed by atoms with Crippen LogP contribution in [0.25, 0.3) is 32.7 Å². The molecular formula is C24H14. The van der Waals surface area contributed by atoms with E-state index < -0.39 is 0 Å². The summed E-state index contributed by atoms with van der Waals surface area (Å²) in [5, 5.41) is 4.70. The third-order valence-electron chi connectivity index (χ3n) is 4.38. The molecule has 4 aromatic carbocycles. The summed E-state index contributed by atoms with van der Waals surface area (Å²) < 4.78 is 0. The molecule has 0 amide bonds. The van der Waals surface area contributed by atoms with Crippen molar-refractivity contribution in [1.82, 2.24) is 0 Å². The molecular weight excluding hydrogens is 288 g/mol. The van der Waals surface area contributed by atoms with E-state index in [0.717, 1.165) is 21.9 Å². The Hall–Kier alpha value is -3.48. The van der Waals surface area contributed by atoms with Gasteiger partial charge in [-0.25, -0.2) is 0 Å². The average Bonchev–Trinajstić information content (AvgIpc) is 2.66. The zero-order valence-electron chi connectivity index (χ0n) is 13.1. The Morgan fingerprint density at radius 1 is 0.542 bits per heavy atom. The molecule has 0 bridgehead atoms. The fourth-order valence-corrected chi connectivity index (χ4v) is 3.22. The van der Waals surface area contributed by atoms with Crippen LogP contribution in [0, 0.1) is 24.7 Å². The van der Waals surface area contributed by atoms with Crippen LogP contribution in [0.3, 0.4) is 0 Å². The Bertz CT molecular complexity index is 1070. The Labute approximate surface area is 141 Å². The van der Waals surface area contributed by atoms with Gasteiger partial charge < -0.3 is 0 Å². The molecule has 0 heteroatoms. The summed E-state index contributed by atoms with van der Waals surface area (Å²) >= 11 is 0. The van der Waals surface area contributed by atoms with Gasteiger partial charge in [0.1, 0.15) is 0 Å². The second-order valence-corrected chi connectivity index (χ2v) is 5.77. The van der Waals surface area contributed by atoms with Gasteiger partial charge in [-0.3, -0.25) is 0 Å². The predicted molar refractivity (Wildman–Crippen MR) is 103 cm³/mol. The fraction of sp³-hybridized carbons (Fsp3) is 0. The largest absolute Gasteiger partial charge is 0.115 e. The highest BCUT2D eigenvalue weighted by atomic mass is 14.1. The van der Waals surface area contributed by atoms with Gasteiger partial charge in [0.25, 0.3) is 0 Å². The lowest BCUT2D eigenvalue weighted by atomic mass is 9.93. The summed E-state index contributed by atoms with van der Waals surface area (Å²) in [6.45, 7) is 0. The van der Waals surface area contributed by atoms with Crippen LogP contribution in [0.4, 0.5) is 0 Å². The maximum absolute atomic E-state index is 5.53. The number of fused-ring (bicyclic) bond motifs is 2. The summed E-state index contributed by atoms with van der Waals surface area (Å²) in [5.41, 5.74) is 4.21. The minimum Gasteiger partial charge on any atom is -0.115 e. The summed E-state index contributed by atoms with van der Waals surface area (Å²) in [4.78, 5) is 0. The molecule has 0 aliphatic carbocycles. The normalized spacial score (nSPS) is 10.4. The van der Waals surface area contributed by atoms with E-state index >= 15 is 0 Å². The van der Waals surface area contributed by atoms with Gasteiger partial charge >= 0.3 is 0 Å². The van der Waals surface area contributed by atoms with Crippen LogP contribution in [0.2, 0.25) is 0 Å². The smallest absolute Gasteiger partial charge is 0.0248 e. The van der Waals surface area contributed by atoms with Gasteiger partial charge in [0, 0.05) is 11.1 Å². The fourth-order valence-electron chi connectivity index (χ4n) is 3.22. The van der Waals surface area contributed by atoms with E-state index in [-0.39, 0.29) is 0 Å². The van der Waals surface area contributed by atoms with Crippen molar-refractivity contribution in [3.8, 4) is 35.8 Å². The van der Waals surface area contributed by atoms with E-state index in [4.69, 9.17) is 12.8 Å². The van der Waals surface area contributed by atoms with Gasteiger partial charge in [-0.15, -0.1) is 12.8 Å². The second kappa shape index (κ2) is 5.62. The standard InChI is InChI=1S/C24H14/c1-3-17-11-13-21-19(15-17)7-5-9-23(21)24-10-6-8-20-16-18(4-2)12-14-22(20)24/h1-2,5-16H. The molecule has 0 fully saturated rings. The monoisotopic (exact) mass is 302 g/mol. The molecule has 0 heterocycles. The van der Waals surface area contributed by atoms with E-state index in [1.54, 1.807) is 0 Å². The first kappa shape index (κ1) is 14.1. The molecule has 0 radical (unpaired) electrons. The topological polar surface area (TPSA) is 0 Å². The second-order valence-electron chi connectivity index (χ2n) is 5.77.